The van der Waals surface area contributed by atoms with Gasteiger partial charge >= 0.3 is 0 Å². The van der Waals surface area contributed by atoms with Crippen molar-refractivity contribution in [3.8, 4) is 0 Å². The highest BCUT2D eigenvalue weighted by molar-refractivity contribution is 6.35. The predicted molar refractivity (Wildman–Crippen MR) is 92.6 cm³/mol. The number of nitrogens with zero attached hydrogens (tertiary/aromatic N) is 3. The van der Waals surface area contributed by atoms with Crippen molar-refractivity contribution in [3.05, 3.63) is 58.9 Å². The number of H-pyrrole nitrogens is 1. The summed E-state index contributed by atoms with van der Waals surface area (Å²) < 4.78 is 0. The first-order valence-electron chi connectivity index (χ1n) is 8.05. The predicted octanol–water partition coefficient (Wildman–Crippen LogP) is 3.99. The molecule has 1 fully saturated rings. The van der Waals surface area contributed by atoms with Crippen LogP contribution in [0.5, 0.6) is 0 Å². The Hall–Kier alpha value is -1.91. The molecular weight excluding hydrogens is 308 g/mol. The number of hydrogen-bond donors (Lipinski definition) is 1. The van der Waals surface area contributed by atoms with E-state index in [1.54, 1.807) is 0 Å². The molecule has 3 aromatic rings. The summed E-state index contributed by atoms with van der Waals surface area (Å²) in [6.07, 6.45) is 4.13. The normalized spacial score (nSPS) is 16.9. The van der Waals surface area contributed by atoms with Crippen molar-refractivity contribution in [1.29, 1.82) is 0 Å². The van der Waals surface area contributed by atoms with Crippen LogP contribution in [0.1, 0.15) is 30.0 Å². The van der Waals surface area contributed by atoms with E-state index in [1.165, 1.54) is 10.9 Å². The number of fused-ring (bicyclic) bond motifs is 1. The van der Waals surface area contributed by atoms with Crippen LogP contribution in [0.2, 0.25) is 5.02 Å². The van der Waals surface area contributed by atoms with Crippen LogP contribution in [0.25, 0.3) is 10.8 Å². The third-order valence-corrected chi connectivity index (χ3v) is 5.12. The van der Waals surface area contributed by atoms with Crippen molar-refractivity contribution < 1.29 is 0 Å². The van der Waals surface area contributed by atoms with Gasteiger partial charge in [0.2, 0.25) is 0 Å². The molecule has 0 saturated carbocycles. The molecule has 1 saturated heterocycles. The minimum atomic E-state index is 0.534. The van der Waals surface area contributed by atoms with Crippen molar-refractivity contribution in [1.82, 2.24) is 20.3 Å². The number of piperidine rings is 1. The van der Waals surface area contributed by atoms with Gasteiger partial charge < -0.3 is 0 Å². The van der Waals surface area contributed by atoms with Crippen molar-refractivity contribution in [2.75, 3.05) is 13.1 Å². The van der Waals surface area contributed by atoms with Gasteiger partial charge in [0.1, 0.15) is 0 Å². The zero-order valence-corrected chi connectivity index (χ0v) is 13.6. The van der Waals surface area contributed by atoms with Gasteiger partial charge in [-0.3, -0.25) is 4.90 Å². The molecule has 0 unspecified atom stereocenters. The maximum atomic E-state index is 6.32. The Balaban J connectivity index is 1.49. The van der Waals surface area contributed by atoms with Gasteiger partial charge in [-0.05, 0) is 42.9 Å². The molecule has 2 heterocycles. The third kappa shape index (κ3) is 2.96. The lowest BCUT2D eigenvalue weighted by Gasteiger charge is -2.31. The summed E-state index contributed by atoms with van der Waals surface area (Å²) in [5, 5.41) is 14.1. The lowest BCUT2D eigenvalue weighted by Crippen LogP contribution is -2.32. The van der Waals surface area contributed by atoms with Gasteiger partial charge in [0, 0.05) is 22.9 Å². The van der Waals surface area contributed by atoms with Crippen molar-refractivity contribution in [3.63, 3.8) is 0 Å². The van der Waals surface area contributed by atoms with E-state index in [0.29, 0.717) is 5.92 Å². The molecule has 0 atom stereocenters. The van der Waals surface area contributed by atoms with Crippen LogP contribution in [-0.4, -0.2) is 33.4 Å². The fourth-order valence-corrected chi connectivity index (χ4v) is 3.73. The van der Waals surface area contributed by atoms with Gasteiger partial charge in [0.05, 0.1) is 11.9 Å². The summed E-state index contributed by atoms with van der Waals surface area (Å²) in [4.78, 5) is 2.52. The first-order valence-corrected chi connectivity index (χ1v) is 8.43. The quantitative estimate of drug-likeness (QED) is 0.791. The number of nitrogens with one attached hydrogen (secondary N) is 1. The average Bonchev–Trinajstić information content (AvgIpc) is 3.13. The van der Waals surface area contributed by atoms with Crippen molar-refractivity contribution in [2.24, 2.45) is 0 Å². The van der Waals surface area contributed by atoms with E-state index in [1.807, 2.05) is 18.3 Å². The van der Waals surface area contributed by atoms with E-state index in [9.17, 15) is 0 Å². The zero-order chi connectivity index (χ0) is 15.6. The number of hydrogen-bond acceptors (Lipinski definition) is 3. The lowest BCUT2D eigenvalue weighted by molar-refractivity contribution is 0.204. The molecule has 0 radical (unpaired) electrons. The van der Waals surface area contributed by atoms with Crippen LogP contribution < -0.4 is 0 Å². The molecule has 4 rings (SSSR count). The van der Waals surface area contributed by atoms with Crippen LogP contribution in [0.4, 0.5) is 0 Å². The lowest BCUT2D eigenvalue weighted by atomic mass is 9.93. The van der Waals surface area contributed by atoms with E-state index in [0.717, 1.165) is 48.6 Å². The van der Waals surface area contributed by atoms with E-state index >= 15 is 0 Å². The molecule has 1 aliphatic heterocycles. The third-order valence-electron chi connectivity index (χ3n) is 4.79. The van der Waals surface area contributed by atoms with Crippen LogP contribution in [0.15, 0.2) is 42.6 Å². The number of rotatable bonds is 3. The highest BCUT2D eigenvalue weighted by Gasteiger charge is 2.22. The van der Waals surface area contributed by atoms with E-state index in [2.05, 4.69) is 44.6 Å². The monoisotopic (exact) mass is 326 g/mol. The van der Waals surface area contributed by atoms with Gasteiger partial charge in [0.15, 0.2) is 0 Å². The van der Waals surface area contributed by atoms with Gasteiger partial charge in [0.25, 0.3) is 0 Å². The second-order valence-corrected chi connectivity index (χ2v) is 6.60. The first kappa shape index (κ1) is 14.7. The number of aromatic nitrogens is 3. The van der Waals surface area contributed by atoms with Gasteiger partial charge in [-0.2, -0.15) is 15.4 Å². The number of benzene rings is 2. The minimum Gasteiger partial charge on any atom is -0.299 e. The van der Waals surface area contributed by atoms with Crippen LogP contribution in [0.3, 0.4) is 0 Å². The summed E-state index contributed by atoms with van der Waals surface area (Å²) in [5.41, 5.74) is 2.45. The molecule has 0 aliphatic carbocycles. The molecule has 1 aliphatic rings. The molecule has 4 nitrogen and oxygen atoms in total. The molecule has 0 spiro atoms. The smallest absolute Gasteiger partial charge is 0.0856 e. The van der Waals surface area contributed by atoms with E-state index < -0.39 is 0 Å². The topological polar surface area (TPSA) is 44.8 Å². The Labute approximate surface area is 140 Å². The first-order chi connectivity index (χ1) is 11.3. The maximum Gasteiger partial charge on any atom is 0.0856 e. The van der Waals surface area contributed by atoms with Crippen LogP contribution in [0, 0.1) is 0 Å². The molecular formula is C18H19ClN4. The SMILES string of the molecule is Clc1ccc(CN2CCC(c3cn[nH]n3)CC2)c2ccccc12. The van der Waals surface area contributed by atoms with E-state index in [4.69, 9.17) is 11.6 Å². The second-order valence-electron chi connectivity index (χ2n) is 6.20. The summed E-state index contributed by atoms with van der Waals surface area (Å²) in [7, 11) is 0. The molecule has 2 aromatic carbocycles. The standard InChI is InChI=1S/C18H19ClN4/c19-17-6-5-14(15-3-1-2-4-16(15)17)12-23-9-7-13(8-10-23)18-11-20-22-21-18/h1-6,11,13H,7-10,12H2,(H,20,21,22). The Bertz CT molecular complexity index is 792. The summed E-state index contributed by atoms with van der Waals surface area (Å²) in [6.45, 7) is 3.16. The fourth-order valence-electron chi connectivity index (χ4n) is 3.50. The molecule has 118 valence electrons. The zero-order valence-electron chi connectivity index (χ0n) is 12.9. The minimum absolute atomic E-state index is 0.534. The van der Waals surface area contributed by atoms with Gasteiger partial charge in [-0.1, -0.05) is 41.9 Å². The molecule has 23 heavy (non-hydrogen) atoms. The largest absolute Gasteiger partial charge is 0.299 e. The molecule has 1 N–H and O–H groups in total. The summed E-state index contributed by atoms with van der Waals surface area (Å²) in [6, 6.07) is 12.6. The summed E-state index contributed by atoms with van der Waals surface area (Å²) >= 11 is 6.32. The maximum absolute atomic E-state index is 6.32. The Morgan fingerprint density at radius 3 is 2.61 bits per heavy atom. The summed E-state index contributed by atoms with van der Waals surface area (Å²) in [5.74, 6) is 0.534. The van der Waals surface area contributed by atoms with E-state index in [-0.39, 0.29) is 0 Å². The fraction of sp³-hybridized carbons (Fsp3) is 0.333. The number of aromatic amines is 1. The van der Waals surface area contributed by atoms with Crippen LogP contribution >= 0.6 is 11.6 Å². The second kappa shape index (κ2) is 6.30. The Kier molecular flexibility index (Phi) is 4.02. The average molecular weight is 327 g/mol. The molecule has 1 aromatic heterocycles. The Morgan fingerprint density at radius 2 is 1.87 bits per heavy atom. The highest BCUT2D eigenvalue weighted by atomic mass is 35.5. The molecule has 0 amide bonds. The van der Waals surface area contributed by atoms with Crippen LogP contribution in [-0.2, 0) is 6.54 Å². The molecule has 5 heteroatoms. The van der Waals surface area contributed by atoms with Gasteiger partial charge in [-0.25, -0.2) is 0 Å². The van der Waals surface area contributed by atoms with Crippen molar-refractivity contribution in [2.45, 2.75) is 25.3 Å². The number of likely N-dealkylation sites (tertiary alicyclic amines) is 1. The number of halogens is 1. The molecule has 0 bridgehead atoms. The van der Waals surface area contributed by atoms with Crippen molar-refractivity contribution >= 4 is 22.4 Å². The highest BCUT2D eigenvalue weighted by Crippen LogP contribution is 2.30. The van der Waals surface area contributed by atoms with Gasteiger partial charge in [-0.15, -0.1) is 0 Å². The Morgan fingerprint density at radius 1 is 1.09 bits per heavy atom.